The van der Waals surface area contributed by atoms with Gasteiger partial charge < -0.3 is 9.84 Å². The summed E-state index contributed by atoms with van der Waals surface area (Å²) < 4.78 is 5.35. The summed E-state index contributed by atoms with van der Waals surface area (Å²) in [6, 6.07) is 4.95. The van der Waals surface area contributed by atoms with E-state index in [1.807, 2.05) is 34.6 Å². The normalized spacial score (nSPS) is 11.2. The van der Waals surface area contributed by atoms with Gasteiger partial charge in [0.05, 0.1) is 5.69 Å². The fraction of sp³-hybridized carbons (Fsp3) is 0.500. The van der Waals surface area contributed by atoms with Gasteiger partial charge in [0.2, 0.25) is 0 Å². The third-order valence-corrected chi connectivity index (χ3v) is 2.41. The molecule has 1 N–H and O–H groups in total. The molecule has 0 bridgehead atoms. The van der Waals surface area contributed by atoms with Gasteiger partial charge in [0.25, 0.3) is 0 Å². The number of aromatic hydroxyl groups is 1. The van der Waals surface area contributed by atoms with Crippen molar-refractivity contribution in [2.75, 3.05) is 11.4 Å². The summed E-state index contributed by atoms with van der Waals surface area (Å²) in [5, 5.41) is 9.52. The van der Waals surface area contributed by atoms with Crippen LogP contribution in [0.1, 0.15) is 33.3 Å². The number of carbonyl (C=O) groups excluding carboxylic acids is 1. The summed E-state index contributed by atoms with van der Waals surface area (Å²) in [6.07, 6.45) is -0.404. The predicted octanol–water partition coefficient (Wildman–Crippen LogP) is 3.46. The number of rotatable bonds is 2. The van der Waals surface area contributed by atoms with Crippen molar-refractivity contribution in [3.63, 3.8) is 0 Å². The van der Waals surface area contributed by atoms with Crippen LogP contribution in [-0.2, 0) is 4.74 Å². The maximum Gasteiger partial charge on any atom is 0.414 e. The first-order valence-electron chi connectivity index (χ1n) is 6.04. The van der Waals surface area contributed by atoms with Gasteiger partial charge in [-0.05, 0) is 46.2 Å². The van der Waals surface area contributed by atoms with Gasteiger partial charge in [-0.3, -0.25) is 4.90 Å². The zero-order chi connectivity index (χ0) is 13.9. The highest BCUT2D eigenvalue weighted by Crippen LogP contribution is 2.26. The van der Waals surface area contributed by atoms with Crippen LogP contribution in [0.2, 0.25) is 0 Å². The lowest BCUT2D eigenvalue weighted by Crippen LogP contribution is -2.37. The van der Waals surface area contributed by atoms with E-state index in [2.05, 4.69) is 0 Å². The number of phenols is 1. The van der Waals surface area contributed by atoms with Crippen molar-refractivity contribution in [1.82, 2.24) is 0 Å². The van der Waals surface area contributed by atoms with Crippen LogP contribution in [0.25, 0.3) is 0 Å². The van der Waals surface area contributed by atoms with Gasteiger partial charge in [0.1, 0.15) is 11.4 Å². The molecule has 1 aromatic rings. The third kappa shape index (κ3) is 3.65. The Morgan fingerprint density at radius 3 is 2.50 bits per heavy atom. The molecule has 1 amide bonds. The highest BCUT2D eigenvalue weighted by molar-refractivity contribution is 5.89. The Labute approximate surface area is 108 Å². The SMILES string of the molecule is CCN(C(=O)OC(C)(C)C)c1cc(O)ccc1C. The highest BCUT2D eigenvalue weighted by atomic mass is 16.6. The molecule has 0 saturated carbocycles. The molecule has 0 fully saturated rings. The average molecular weight is 251 g/mol. The predicted molar refractivity (Wildman–Crippen MR) is 72.1 cm³/mol. The van der Waals surface area contributed by atoms with Gasteiger partial charge in [-0.15, -0.1) is 0 Å². The number of aryl methyl sites for hydroxylation is 1. The van der Waals surface area contributed by atoms with Crippen molar-refractivity contribution in [3.05, 3.63) is 23.8 Å². The van der Waals surface area contributed by atoms with Crippen LogP contribution in [0.3, 0.4) is 0 Å². The number of nitrogens with zero attached hydrogens (tertiary/aromatic N) is 1. The number of anilines is 1. The molecule has 0 spiro atoms. The Morgan fingerprint density at radius 1 is 1.39 bits per heavy atom. The second-order valence-corrected chi connectivity index (χ2v) is 5.20. The minimum absolute atomic E-state index is 0.137. The molecule has 1 rings (SSSR count). The largest absolute Gasteiger partial charge is 0.508 e. The van der Waals surface area contributed by atoms with Crippen LogP contribution < -0.4 is 4.90 Å². The summed E-state index contributed by atoms with van der Waals surface area (Å²) in [5.41, 5.74) is 1.06. The van der Waals surface area contributed by atoms with E-state index in [4.69, 9.17) is 4.74 Å². The molecule has 4 heteroatoms. The summed E-state index contributed by atoms with van der Waals surface area (Å²) in [4.78, 5) is 13.6. The zero-order valence-electron chi connectivity index (χ0n) is 11.7. The van der Waals surface area contributed by atoms with Gasteiger partial charge in [-0.25, -0.2) is 4.79 Å². The molecule has 0 aromatic heterocycles. The molecule has 4 nitrogen and oxygen atoms in total. The number of phenolic OH excluding ortho intramolecular Hbond substituents is 1. The van der Waals surface area contributed by atoms with Crippen LogP contribution >= 0.6 is 0 Å². The summed E-state index contributed by atoms with van der Waals surface area (Å²) >= 11 is 0. The van der Waals surface area contributed by atoms with Crippen molar-refractivity contribution in [2.24, 2.45) is 0 Å². The van der Waals surface area contributed by atoms with E-state index < -0.39 is 11.7 Å². The molecule has 0 aliphatic heterocycles. The number of benzene rings is 1. The Bertz CT molecular complexity index is 435. The molecule has 1 aromatic carbocycles. The molecular formula is C14H21NO3. The first kappa shape index (κ1) is 14.4. The van der Waals surface area contributed by atoms with Crippen molar-refractivity contribution in [1.29, 1.82) is 0 Å². The lowest BCUT2D eigenvalue weighted by Gasteiger charge is -2.27. The number of carbonyl (C=O) groups is 1. The van der Waals surface area contributed by atoms with Gasteiger partial charge in [0.15, 0.2) is 0 Å². The molecule has 0 radical (unpaired) electrons. The molecule has 100 valence electrons. The number of ether oxygens (including phenoxy) is 1. The Kier molecular flexibility index (Phi) is 4.22. The number of hydrogen-bond acceptors (Lipinski definition) is 3. The monoisotopic (exact) mass is 251 g/mol. The molecule has 0 aliphatic rings. The number of amides is 1. The fourth-order valence-corrected chi connectivity index (χ4v) is 1.60. The van der Waals surface area contributed by atoms with E-state index >= 15 is 0 Å². The highest BCUT2D eigenvalue weighted by Gasteiger charge is 2.23. The quantitative estimate of drug-likeness (QED) is 0.875. The summed E-state index contributed by atoms with van der Waals surface area (Å²) in [6.45, 7) is 9.73. The topological polar surface area (TPSA) is 49.8 Å². The van der Waals surface area contributed by atoms with Crippen molar-refractivity contribution in [2.45, 2.75) is 40.2 Å². The Balaban J connectivity index is 3.02. The van der Waals surface area contributed by atoms with Crippen molar-refractivity contribution in [3.8, 4) is 5.75 Å². The Morgan fingerprint density at radius 2 is 2.00 bits per heavy atom. The maximum absolute atomic E-state index is 12.1. The van der Waals surface area contributed by atoms with Crippen LogP contribution in [0, 0.1) is 6.92 Å². The van der Waals surface area contributed by atoms with Gasteiger partial charge >= 0.3 is 6.09 Å². The minimum atomic E-state index is -0.533. The first-order valence-corrected chi connectivity index (χ1v) is 6.04. The lowest BCUT2D eigenvalue weighted by atomic mass is 10.1. The second kappa shape index (κ2) is 5.29. The van der Waals surface area contributed by atoms with E-state index in [-0.39, 0.29) is 5.75 Å². The fourth-order valence-electron chi connectivity index (χ4n) is 1.60. The van der Waals surface area contributed by atoms with Gasteiger partial charge in [-0.2, -0.15) is 0 Å². The van der Waals surface area contributed by atoms with E-state index in [0.717, 1.165) is 5.56 Å². The van der Waals surface area contributed by atoms with Crippen LogP contribution in [-0.4, -0.2) is 23.3 Å². The second-order valence-electron chi connectivity index (χ2n) is 5.20. The van der Waals surface area contributed by atoms with E-state index in [0.29, 0.717) is 12.2 Å². The molecule has 0 unspecified atom stereocenters. The van der Waals surface area contributed by atoms with Crippen molar-refractivity contribution >= 4 is 11.8 Å². The molecule has 0 saturated heterocycles. The first-order chi connectivity index (χ1) is 8.24. The van der Waals surface area contributed by atoms with E-state index in [1.54, 1.807) is 18.2 Å². The molecular weight excluding hydrogens is 230 g/mol. The maximum atomic E-state index is 12.1. The zero-order valence-corrected chi connectivity index (χ0v) is 11.7. The standard InChI is InChI=1S/C14H21NO3/c1-6-15(13(17)18-14(3,4)5)12-9-11(16)8-7-10(12)2/h7-9,16H,6H2,1-5H3. The smallest absolute Gasteiger partial charge is 0.414 e. The van der Waals surface area contributed by atoms with E-state index in [1.165, 1.54) is 4.90 Å². The molecule has 0 heterocycles. The molecule has 0 atom stereocenters. The summed E-state index contributed by atoms with van der Waals surface area (Å²) in [7, 11) is 0. The average Bonchev–Trinajstić information content (AvgIpc) is 2.21. The number of hydrogen-bond donors (Lipinski definition) is 1. The summed E-state index contributed by atoms with van der Waals surface area (Å²) in [5.74, 6) is 0.137. The minimum Gasteiger partial charge on any atom is -0.508 e. The Hall–Kier alpha value is -1.71. The third-order valence-electron chi connectivity index (χ3n) is 2.41. The van der Waals surface area contributed by atoms with Crippen LogP contribution in [0.5, 0.6) is 5.75 Å². The molecule has 18 heavy (non-hydrogen) atoms. The van der Waals surface area contributed by atoms with Crippen molar-refractivity contribution < 1.29 is 14.6 Å². The van der Waals surface area contributed by atoms with Crippen LogP contribution in [0.4, 0.5) is 10.5 Å². The van der Waals surface area contributed by atoms with Gasteiger partial charge in [0, 0.05) is 12.6 Å². The van der Waals surface area contributed by atoms with Crippen LogP contribution in [0.15, 0.2) is 18.2 Å². The van der Waals surface area contributed by atoms with Gasteiger partial charge in [-0.1, -0.05) is 6.07 Å². The molecule has 0 aliphatic carbocycles. The van der Waals surface area contributed by atoms with E-state index in [9.17, 15) is 9.90 Å². The lowest BCUT2D eigenvalue weighted by molar-refractivity contribution is 0.0582.